The standard InChI is InChI=1S/C34H51NO7/c1-24-13-12-14-26(3)34(40,41)31(37)32(38)35-22-11-10-18-29(35)33(39)42-28(21-20-27-15-6-4-7-16-27)17-8-5-9-19-30(36)25(2)23-24/h4,6-7,15-16,24-26,28-29,40-41H,5,8-14,17-23H2,1-3H3/t24-,25-,26+,28-,29-/m0/s1. The van der Waals surface area contributed by atoms with Crippen LogP contribution in [0, 0.1) is 17.8 Å². The molecule has 2 aliphatic rings. The van der Waals surface area contributed by atoms with Crippen LogP contribution in [-0.4, -0.2) is 63.0 Å². The van der Waals surface area contributed by atoms with Crippen molar-refractivity contribution in [1.82, 2.24) is 4.90 Å². The van der Waals surface area contributed by atoms with Crippen molar-refractivity contribution in [2.75, 3.05) is 6.54 Å². The maximum Gasteiger partial charge on any atom is 0.329 e. The van der Waals surface area contributed by atoms with E-state index < -0.39 is 35.4 Å². The molecule has 1 aromatic rings. The van der Waals surface area contributed by atoms with Gasteiger partial charge in [-0.1, -0.05) is 70.4 Å². The second-order valence-corrected chi connectivity index (χ2v) is 12.8. The lowest BCUT2D eigenvalue weighted by atomic mass is 9.86. The molecular weight excluding hydrogens is 534 g/mol. The first-order valence-corrected chi connectivity index (χ1v) is 16.1. The van der Waals surface area contributed by atoms with Gasteiger partial charge in [-0.3, -0.25) is 14.4 Å². The first-order chi connectivity index (χ1) is 20.0. The number of esters is 1. The predicted molar refractivity (Wildman–Crippen MR) is 160 cm³/mol. The van der Waals surface area contributed by atoms with Crippen molar-refractivity contribution < 1.29 is 34.1 Å². The van der Waals surface area contributed by atoms with E-state index >= 15 is 0 Å². The smallest absolute Gasteiger partial charge is 0.329 e. The van der Waals surface area contributed by atoms with E-state index in [0.29, 0.717) is 51.4 Å². The van der Waals surface area contributed by atoms with Crippen LogP contribution in [0.1, 0.15) is 110 Å². The number of hydrogen-bond donors (Lipinski definition) is 2. The zero-order valence-corrected chi connectivity index (χ0v) is 25.8. The van der Waals surface area contributed by atoms with Gasteiger partial charge in [-0.15, -0.1) is 0 Å². The Morgan fingerprint density at radius 2 is 1.57 bits per heavy atom. The lowest BCUT2D eigenvalue weighted by molar-refractivity contribution is -0.205. The number of piperidine rings is 1. The number of nitrogens with zero attached hydrogens (tertiary/aromatic N) is 1. The fourth-order valence-electron chi connectivity index (χ4n) is 6.33. The van der Waals surface area contributed by atoms with E-state index in [4.69, 9.17) is 4.74 Å². The van der Waals surface area contributed by atoms with E-state index in [2.05, 4.69) is 6.92 Å². The van der Waals surface area contributed by atoms with Crippen LogP contribution in [-0.2, 0) is 30.3 Å². The molecular formula is C34H51NO7. The minimum absolute atomic E-state index is 0.0440. The second-order valence-electron chi connectivity index (χ2n) is 12.8. The van der Waals surface area contributed by atoms with Gasteiger partial charge in [-0.05, 0) is 75.7 Å². The molecule has 2 saturated heterocycles. The van der Waals surface area contributed by atoms with Gasteiger partial charge in [-0.25, -0.2) is 4.79 Å². The van der Waals surface area contributed by atoms with Crippen LogP contribution in [0.2, 0.25) is 0 Å². The number of hydrogen-bond acceptors (Lipinski definition) is 7. The maximum atomic E-state index is 13.5. The van der Waals surface area contributed by atoms with Crippen molar-refractivity contribution in [2.24, 2.45) is 17.8 Å². The van der Waals surface area contributed by atoms with Gasteiger partial charge >= 0.3 is 5.97 Å². The molecule has 0 spiro atoms. The van der Waals surface area contributed by atoms with Gasteiger partial charge in [0.1, 0.15) is 17.9 Å². The lowest BCUT2D eigenvalue weighted by Crippen LogP contribution is -2.57. The first-order valence-electron chi connectivity index (χ1n) is 16.1. The van der Waals surface area contributed by atoms with E-state index in [1.807, 2.05) is 37.3 Å². The molecule has 0 unspecified atom stereocenters. The summed E-state index contributed by atoms with van der Waals surface area (Å²) < 4.78 is 6.01. The van der Waals surface area contributed by atoms with Gasteiger partial charge in [0.2, 0.25) is 5.79 Å². The highest BCUT2D eigenvalue weighted by atomic mass is 16.5. The Kier molecular flexibility index (Phi) is 13.2. The summed E-state index contributed by atoms with van der Waals surface area (Å²) in [5, 5.41) is 21.6. The Morgan fingerprint density at radius 3 is 2.31 bits per heavy atom. The monoisotopic (exact) mass is 585 g/mol. The lowest BCUT2D eigenvalue weighted by Gasteiger charge is -2.36. The minimum Gasteiger partial charge on any atom is -0.461 e. The molecule has 1 aromatic carbocycles. The summed E-state index contributed by atoms with van der Waals surface area (Å²) >= 11 is 0. The molecule has 0 aliphatic carbocycles. The average Bonchev–Trinajstić information content (AvgIpc) is 2.98. The molecule has 5 atom stereocenters. The van der Waals surface area contributed by atoms with Gasteiger partial charge in [0.25, 0.3) is 11.7 Å². The summed E-state index contributed by atoms with van der Waals surface area (Å²) in [6.07, 6.45) is 8.86. The van der Waals surface area contributed by atoms with Crippen LogP contribution < -0.4 is 0 Å². The van der Waals surface area contributed by atoms with Crippen molar-refractivity contribution in [2.45, 2.75) is 129 Å². The SMILES string of the molecule is C[C@H]1CCC[C@@H](C)C(O)(O)C(=O)C(=O)N2CCCC[C@H]2C(=O)O[C@H](CCc2ccccc2)CCCCCC(=O)[C@@H](C)C1. The second kappa shape index (κ2) is 16.3. The zero-order valence-electron chi connectivity index (χ0n) is 25.8. The number of carbonyl (C=O) groups is 4. The molecule has 8 nitrogen and oxygen atoms in total. The molecule has 2 aliphatic heterocycles. The summed E-state index contributed by atoms with van der Waals surface area (Å²) in [5.74, 6) is -6.09. The van der Waals surface area contributed by atoms with Crippen molar-refractivity contribution in [3.8, 4) is 0 Å². The van der Waals surface area contributed by atoms with Crippen LogP contribution in [0.5, 0.6) is 0 Å². The molecule has 1 amide bonds. The highest BCUT2D eigenvalue weighted by Crippen LogP contribution is 2.28. The number of rotatable bonds is 3. The number of amides is 1. The van der Waals surface area contributed by atoms with Crippen LogP contribution in [0.15, 0.2) is 30.3 Å². The van der Waals surface area contributed by atoms with Crippen LogP contribution in [0.25, 0.3) is 0 Å². The normalized spacial score (nSPS) is 29.7. The van der Waals surface area contributed by atoms with Crippen LogP contribution >= 0.6 is 0 Å². The maximum absolute atomic E-state index is 13.5. The summed E-state index contributed by atoms with van der Waals surface area (Å²) in [6.45, 7) is 5.80. The van der Waals surface area contributed by atoms with Gasteiger partial charge < -0.3 is 19.8 Å². The van der Waals surface area contributed by atoms with E-state index in [9.17, 15) is 29.4 Å². The molecule has 42 heavy (non-hydrogen) atoms. The molecule has 3 rings (SSSR count). The van der Waals surface area contributed by atoms with E-state index in [1.165, 1.54) is 4.90 Å². The van der Waals surface area contributed by atoms with Gasteiger partial charge in [0.15, 0.2) is 0 Å². The molecule has 0 aromatic heterocycles. The van der Waals surface area contributed by atoms with Crippen molar-refractivity contribution in [1.29, 1.82) is 0 Å². The predicted octanol–water partition coefficient (Wildman–Crippen LogP) is 5.16. The van der Waals surface area contributed by atoms with Gasteiger partial charge in [0, 0.05) is 24.8 Å². The zero-order chi connectivity index (χ0) is 30.7. The van der Waals surface area contributed by atoms with E-state index in [0.717, 1.165) is 44.1 Å². The third-order valence-electron chi connectivity index (χ3n) is 9.22. The molecule has 0 radical (unpaired) electrons. The van der Waals surface area contributed by atoms with Gasteiger partial charge in [-0.2, -0.15) is 0 Å². The molecule has 0 saturated carbocycles. The molecule has 8 heteroatoms. The van der Waals surface area contributed by atoms with E-state index in [1.54, 1.807) is 6.92 Å². The number of cyclic esters (lactones) is 1. The largest absolute Gasteiger partial charge is 0.461 e. The van der Waals surface area contributed by atoms with Crippen LogP contribution in [0.3, 0.4) is 0 Å². The van der Waals surface area contributed by atoms with Crippen molar-refractivity contribution in [3.63, 3.8) is 0 Å². The topological polar surface area (TPSA) is 121 Å². The highest BCUT2D eigenvalue weighted by molar-refractivity contribution is 6.39. The summed E-state index contributed by atoms with van der Waals surface area (Å²) in [5.41, 5.74) is 1.14. The van der Waals surface area contributed by atoms with E-state index in [-0.39, 0.29) is 30.3 Å². The minimum atomic E-state index is -2.83. The fourth-order valence-corrected chi connectivity index (χ4v) is 6.33. The quantitative estimate of drug-likeness (QED) is 0.285. The Hall–Kier alpha value is -2.58. The van der Waals surface area contributed by atoms with Crippen LogP contribution in [0.4, 0.5) is 0 Å². The third kappa shape index (κ3) is 9.73. The number of carbonyl (C=O) groups excluding carboxylic acids is 4. The van der Waals surface area contributed by atoms with Crippen molar-refractivity contribution in [3.05, 3.63) is 35.9 Å². The Bertz CT molecular complexity index is 1040. The molecule has 2 N–H and O–H groups in total. The molecule has 2 fully saturated rings. The number of Topliss-reactive ketones (excluding diaryl/α,β-unsaturated/α-hetero) is 2. The number of ketones is 2. The molecule has 0 bridgehead atoms. The Balaban J connectivity index is 1.79. The first kappa shape index (κ1) is 33.9. The Morgan fingerprint density at radius 1 is 0.857 bits per heavy atom. The third-order valence-corrected chi connectivity index (χ3v) is 9.22. The average molecular weight is 586 g/mol. The van der Waals surface area contributed by atoms with Gasteiger partial charge in [0.05, 0.1) is 0 Å². The number of benzene rings is 1. The number of fused-ring (bicyclic) bond motifs is 1. The summed E-state index contributed by atoms with van der Waals surface area (Å²) in [4.78, 5) is 53.9. The molecule has 234 valence electrons. The highest BCUT2D eigenvalue weighted by Gasteiger charge is 2.47. The summed E-state index contributed by atoms with van der Waals surface area (Å²) in [7, 11) is 0. The molecule has 2 heterocycles. The van der Waals surface area contributed by atoms with Crippen molar-refractivity contribution >= 4 is 23.4 Å². The number of aryl methyl sites for hydroxylation is 1. The number of aliphatic hydroxyl groups is 2. The summed E-state index contributed by atoms with van der Waals surface area (Å²) in [6, 6.07) is 9.04. The Labute approximate surface area is 251 Å². The number of ether oxygens (including phenoxy) is 1. The fraction of sp³-hybridized carbons (Fsp3) is 0.706.